The van der Waals surface area contributed by atoms with Crippen LogP contribution in [-0.4, -0.2) is 37.1 Å². The van der Waals surface area contributed by atoms with E-state index in [2.05, 4.69) is 31.0 Å². The van der Waals surface area contributed by atoms with Gasteiger partial charge < -0.3 is 10.2 Å². The number of likely N-dealkylation sites (tertiary alicyclic amines) is 1. The van der Waals surface area contributed by atoms with Crippen molar-refractivity contribution in [2.75, 3.05) is 26.2 Å². The summed E-state index contributed by atoms with van der Waals surface area (Å²) in [5, 5.41) is 3.72. The predicted molar refractivity (Wildman–Crippen MR) is 81.1 cm³/mol. The standard InChI is InChI=1S/C16H34N2/c1-4-8-16(17-11-5-2)14-18-12-7-9-15(6-3)10-13-18/h15-17H,4-14H2,1-3H3. The molecule has 18 heavy (non-hydrogen) atoms. The minimum absolute atomic E-state index is 0.716. The number of hydrogen-bond acceptors (Lipinski definition) is 2. The number of nitrogens with zero attached hydrogens (tertiary/aromatic N) is 1. The summed E-state index contributed by atoms with van der Waals surface area (Å²) in [5.41, 5.74) is 0. The fourth-order valence-electron chi connectivity index (χ4n) is 3.08. The van der Waals surface area contributed by atoms with Gasteiger partial charge >= 0.3 is 0 Å². The third-order valence-electron chi connectivity index (χ3n) is 4.32. The predicted octanol–water partition coefficient (Wildman–Crippen LogP) is 3.67. The first-order valence-electron chi connectivity index (χ1n) is 8.25. The highest BCUT2D eigenvalue weighted by Crippen LogP contribution is 2.20. The van der Waals surface area contributed by atoms with Crippen LogP contribution >= 0.6 is 0 Å². The SMILES string of the molecule is CCCNC(CCC)CN1CCCC(CC)CC1. The van der Waals surface area contributed by atoms with Crippen LogP contribution < -0.4 is 5.32 Å². The largest absolute Gasteiger partial charge is 0.313 e. The Labute approximate surface area is 115 Å². The van der Waals surface area contributed by atoms with E-state index in [0.717, 1.165) is 5.92 Å². The minimum Gasteiger partial charge on any atom is -0.313 e. The molecule has 1 N–H and O–H groups in total. The zero-order valence-corrected chi connectivity index (χ0v) is 12.9. The highest BCUT2D eigenvalue weighted by Gasteiger charge is 2.18. The van der Waals surface area contributed by atoms with E-state index in [1.807, 2.05) is 0 Å². The van der Waals surface area contributed by atoms with Crippen molar-refractivity contribution in [3.05, 3.63) is 0 Å². The molecular formula is C16H34N2. The molecule has 1 heterocycles. The quantitative estimate of drug-likeness (QED) is 0.711. The van der Waals surface area contributed by atoms with E-state index in [0.29, 0.717) is 6.04 Å². The van der Waals surface area contributed by atoms with Gasteiger partial charge in [0.1, 0.15) is 0 Å². The molecular weight excluding hydrogens is 220 g/mol. The molecule has 1 aliphatic rings. The van der Waals surface area contributed by atoms with Crippen LogP contribution in [0.3, 0.4) is 0 Å². The lowest BCUT2D eigenvalue weighted by Crippen LogP contribution is -2.41. The molecule has 0 radical (unpaired) electrons. The van der Waals surface area contributed by atoms with E-state index >= 15 is 0 Å². The molecule has 2 atom stereocenters. The Hall–Kier alpha value is -0.0800. The second kappa shape index (κ2) is 9.80. The van der Waals surface area contributed by atoms with E-state index < -0.39 is 0 Å². The monoisotopic (exact) mass is 254 g/mol. The molecule has 0 bridgehead atoms. The average molecular weight is 254 g/mol. The number of nitrogens with one attached hydrogen (secondary N) is 1. The topological polar surface area (TPSA) is 15.3 Å². The summed E-state index contributed by atoms with van der Waals surface area (Å²) in [6, 6.07) is 0.716. The normalized spacial score (nSPS) is 23.8. The van der Waals surface area contributed by atoms with Crippen LogP contribution in [0.1, 0.15) is 65.7 Å². The Morgan fingerprint density at radius 3 is 2.61 bits per heavy atom. The van der Waals surface area contributed by atoms with Gasteiger partial charge in [0.2, 0.25) is 0 Å². The summed E-state index contributed by atoms with van der Waals surface area (Å²) < 4.78 is 0. The van der Waals surface area contributed by atoms with Gasteiger partial charge in [-0.3, -0.25) is 0 Å². The Bertz CT molecular complexity index is 194. The molecule has 2 nitrogen and oxygen atoms in total. The second-order valence-corrected chi connectivity index (χ2v) is 5.95. The van der Waals surface area contributed by atoms with E-state index in [9.17, 15) is 0 Å². The maximum Gasteiger partial charge on any atom is 0.0194 e. The van der Waals surface area contributed by atoms with Crippen molar-refractivity contribution in [3.8, 4) is 0 Å². The number of rotatable bonds is 8. The fourth-order valence-corrected chi connectivity index (χ4v) is 3.08. The summed E-state index contributed by atoms with van der Waals surface area (Å²) >= 11 is 0. The molecule has 1 fully saturated rings. The van der Waals surface area contributed by atoms with E-state index in [1.165, 1.54) is 71.1 Å². The fraction of sp³-hybridized carbons (Fsp3) is 1.00. The molecule has 0 aromatic carbocycles. The van der Waals surface area contributed by atoms with Crippen molar-refractivity contribution >= 4 is 0 Å². The van der Waals surface area contributed by atoms with Crippen LogP contribution in [-0.2, 0) is 0 Å². The maximum absolute atomic E-state index is 3.72. The lowest BCUT2D eigenvalue weighted by Gasteiger charge is -2.27. The van der Waals surface area contributed by atoms with Crippen molar-refractivity contribution in [3.63, 3.8) is 0 Å². The molecule has 0 aliphatic carbocycles. The summed E-state index contributed by atoms with van der Waals surface area (Å²) in [7, 11) is 0. The molecule has 1 saturated heterocycles. The van der Waals surface area contributed by atoms with Gasteiger partial charge in [0.05, 0.1) is 0 Å². The molecule has 2 heteroatoms. The van der Waals surface area contributed by atoms with Gasteiger partial charge in [0.15, 0.2) is 0 Å². The van der Waals surface area contributed by atoms with Gasteiger partial charge in [0, 0.05) is 12.6 Å². The zero-order valence-electron chi connectivity index (χ0n) is 12.9. The first-order valence-corrected chi connectivity index (χ1v) is 8.25. The lowest BCUT2D eigenvalue weighted by atomic mass is 9.98. The van der Waals surface area contributed by atoms with Crippen LogP contribution in [0.25, 0.3) is 0 Å². The minimum atomic E-state index is 0.716. The van der Waals surface area contributed by atoms with Gasteiger partial charge in [-0.05, 0) is 57.7 Å². The molecule has 2 unspecified atom stereocenters. The molecule has 108 valence electrons. The van der Waals surface area contributed by atoms with Crippen molar-refractivity contribution in [1.29, 1.82) is 0 Å². The van der Waals surface area contributed by atoms with Crippen molar-refractivity contribution in [2.24, 2.45) is 5.92 Å². The third kappa shape index (κ3) is 6.19. The van der Waals surface area contributed by atoms with Gasteiger partial charge in [-0.1, -0.05) is 33.6 Å². The van der Waals surface area contributed by atoms with Crippen LogP contribution in [0.5, 0.6) is 0 Å². The summed E-state index contributed by atoms with van der Waals surface area (Å²) in [4.78, 5) is 2.71. The highest BCUT2D eigenvalue weighted by molar-refractivity contribution is 4.75. The van der Waals surface area contributed by atoms with E-state index in [-0.39, 0.29) is 0 Å². The van der Waals surface area contributed by atoms with Gasteiger partial charge in [0.25, 0.3) is 0 Å². The van der Waals surface area contributed by atoms with E-state index in [1.54, 1.807) is 0 Å². The first kappa shape index (κ1) is 16.0. The Morgan fingerprint density at radius 2 is 1.94 bits per heavy atom. The molecule has 0 amide bonds. The number of hydrogen-bond donors (Lipinski definition) is 1. The third-order valence-corrected chi connectivity index (χ3v) is 4.32. The van der Waals surface area contributed by atoms with Crippen molar-refractivity contribution in [1.82, 2.24) is 10.2 Å². The van der Waals surface area contributed by atoms with Crippen LogP contribution in [0.15, 0.2) is 0 Å². The second-order valence-electron chi connectivity index (χ2n) is 5.95. The van der Waals surface area contributed by atoms with Crippen molar-refractivity contribution < 1.29 is 0 Å². The summed E-state index contributed by atoms with van der Waals surface area (Å²) in [6.45, 7) is 12.0. The Balaban J connectivity index is 2.32. The van der Waals surface area contributed by atoms with Crippen LogP contribution in [0, 0.1) is 5.92 Å². The highest BCUT2D eigenvalue weighted by atomic mass is 15.1. The van der Waals surface area contributed by atoms with E-state index in [4.69, 9.17) is 0 Å². The molecule has 0 aromatic rings. The maximum atomic E-state index is 3.72. The summed E-state index contributed by atoms with van der Waals surface area (Å²) in [5.74, 6) is 0.989. The molecule has 0 spiro atoms. The molecule has 0 saturated carbocycles. The van der Waals surface area contributed by atoms with Gasteiger partial charge in [-0.2, -0.15) is 0 Å². The first-order chi connectivity index (χ1) is 8.80. The van der Waals surface area contributed by atoms with Crippen LogP contribution in [0.2, 0.25) is 0 Å². The zero-order chi connectivity index (χ0) is 13.2. The van der Waals surface area contributed by atoms with Gasteiger partial charge in [-0.15, -0.1) is 0 Å². The Morgan fingerprint density at radius 1 is 1.11 bits per heavy atom. The van der Waals surface area contributed by atoms with Gasteiger partial charge in [-0.25, -0.2) is 0 Å². The lowest BCUT2D eigenvalue weighted by molar-refractivity contribution is 0.240. The molecule has 1 rings (SSSR count). The summed E-state index contributed by atoms with van der Waals surface area (Å²) in [6.07, 6.45) is 9.53. The average Bonchev–Trinajstić information content (AvgIpc) is 2.61. The van der Waals surface area contributed by atoms with Crippen molar-refractivity contribution in [2.45, 2.75) is 71.8 Å². The molecule has 0 aromatic heterocycles. The smallest absolute Gasteiger partial charge is 0.0194 e. The Kier molecular flexibility index (Phi) is 8.70. The van der Waals surface area contributed by atoms with Crippen LogP contribution in [0.4, 0.5) is 0 Å². The molecule has 1 aliphatic heterocycles.